The molecule has 0 bridgehead atoms. The minimum Gasteiger partial charge on any atom is -0.340 e. The first-order valence-electron chi connectivity index (χ1n) is 12.8. The molecule has 10 nitrogen and oxygen atoms in total. The number of carbonyl (C=O) groups excluding carboxylic acids is 3. The Labute approximate surface area is 244 Å². The Kier molecular flexibility index (Phi) is 7.02. The Bertz CT molecular complexity index is 1800. The molecule has 0 radical (unpaired) electrons. The van der Waals surface area contributed by atoms with Gasteiger partial charge in [0.15, 0.2) is 10.9 Å². The number of hydrogen-bond acceptors (Lipinski definition) is 6. The fraction of sp³-hybridized carbons (Fsp3) is 0.172. The van der Waals surface area contributed by atoms with Crippen LogP contribution in [0.5, 0.6) is 0 Å². The topological polar surface area (TPSA) is 117 Å². The molecule has 0 spiro atoms. The molecule has 41 heavy (non-hydrogen) atoms. The molecule has 1 N–H and O–H groups in total. The number of halogens is 2. The largest absolute Gasteiger partial charge is 0.340 e. The molecule has 2 aromatic heterocycles. The van der Waals surface area contributed by atoms with Gasteiger partial charge in [0.25, 0.3) is 0 Å². The maximum atomic E-state index is 13.8. The maximum Gasteiger partial charge on any atom is 0.247 e. The standard InChI is InChI=1S/C29H23Cl2N7O3/c1-17(39)19-7-9-21-22(12-19)33-29(32-21)25(11-18-5-3-2-4-6-18)37-16-27(40)36(15-28(37)41)24-13-20(30)8-10-23(24)38-14-26(31)34-35-38/h2-10,12-14,25H,11,15-16H2,1H3,(H,32,33). The number of piperazine rings is 1. The number of benzene rings is 3. The number of carbonyl (C=O) groups is 3. The van der Waals surface area contributed by atoms with Crippen molar-refractivity contribution in [3.63, 3.8) is 0 Å². The molecule has 1 saturated heterocycles. The van der Waals surface area contributed by atoms with Gasteiger partial charge in [0.05, 0.1) is 34.6 Å². The van der Waals surface area contributed by atoms with Crippen LogP contribution in [-0.4, -0.2) is 60.5 Å². The van der Waals surface area contributed by atoms with Crippen molar-refractivity contribution in [2.45, 2.75) is 19.4 Å². The molecule has 1 unspecified atom stereocenters. The fourth-order valence-electron chi connectivity index (χ4n) is 5.00. The van der Waals surface area contributed by atoms with Crippen LogP contribution in [0.15, 0.2) is 72.9 Å². The van der Waals surface area contributed by atoms with Gasteiger partial charge in [-0.2, -0.15) is 0 Å². The summed E-state index contributed by atoms with van der Waals surface area (Å²) in [6.07, 6.45) is 1.94. The lowest BCUT2D eigenvalue weighted by molar-refractivity contribution is -0.141. The van der Waals surface area contributed by atoms with Crippen LogP contribution in [0.1, 0.15) is 34.7 Å². The number of nitrogens with zero attached hydrogens (tertiary/aromatic N) is 6. The van der Waals surface area contributed by atoms with Gasteiger partial charge in [0, 0.05) is 17.0 Å². The van der Waals surface area contributed by atoms with E-state index < -0.39 is 6.04 Å². The third-order valence-corrected chi connectivity index (χ3v) is 7.44. The first-order valence-corrected chi connectivity index (χ1v) is 13.5. The number of nitrogens with one attached hydrogen (secondary N) is 1. The number of anilines is 1. The molecule has 12 heteroatoms. The van der Waals surface area contributed by atoms with Crippen LogP contribution in [0.4, 0.5) is 5.69 Å². The Hall–Kier alpha value is -4.54. The summed E-state index contributed by atoms with van der Waals surface area (Å²) in [6, 6.07) is 19.3. The molecule has 2 amide bonds. The Balaban J connectivity index is 1.36. The van der Waals surface area contributed by atoms with Crippen LogP contribution in [0.2, 0.25) is 10.2 Å². The van der Waals surface area contributed by atoms with E-state index in [1.54, 1.807) is 41.3 Å². The van der Waals surface area contributed by atoms with Gasteiger partial charge >= 0.3 is 0 Å². The van der Waals surface area contributed by atoms with E-state index in [9.17, 15) is 14.4 Å². The van der Waals surface area contributed by atoms with Crippen molar-refractivity contribution in [2.75, 3.05) is 18.0 Å². The van der Waals surface area contributed by atoms with Gasteiger partial charge in [-0.3, -0.25) is 19.3 Å². The number of rotatable bonds is 7. The van der Waals surface area contributed by atoms with Gasteiger partial charge in [-0.1, -0.05) is 58.7 Å². The quantitative estimate of drug-likeness (QED) is 0.273. The SMILES string of the molecule is CC(=O)c1ccc2nc(C(Cc3ccccc3)N3CC(=O)N(c4cc(Cl)ccc4-n4cc(Cl)nn4)CC3=O)[nH]c2c1. The molecule has 3 aromatic carbocycles. The molecular formula is C29H23Cl2N7O3. The molecule has 1 aliphatic heterocycles. The summed E-state index contributed by atoms with van der Waals surface area (Å²) in [5.41, 5.74) is 3.79. The number of fused-ring (bicyclic) bond motifs is 1. The van der Waals surface area contributed by atoms with Crippen molar-refractivity contribution in [1.29, 1.82) is 0 Å². The molecule has 1 fully saturated rings. The minimum absolute atomic E-state index is 0.0608. The number of H-pyrrole nitrogens is 1. The van der Waals surface area contributed by atoms with Gasteiger partial charge in [-0.05, 0) is 48.9 Å². The van der Waals surface area contributed by atoms with Crippen LogP contribution < -0.4 is 4.90 Å². The third kappa shape index (κ3) is 5.31. The smallest absolute Gasteiger partial charge is 0.247 e. The minimum atomic E-state index is -0.558. The van der Waals surface area contributed by atoms with Crippen molar-refractivity contribution in [3.05, 3.63) is 100 Å². The van der Waals surface area contributed by atoms with Crippen molar-refractivity contribution in [3.8, 4) is 5.69 Å². The molecule has 0 aliphatic carbocycles. The van der Waals surface area contributed by atoms with Gasteiger partial charge in [0.1, 0.15) is 18.9 Å². The fourth-order valence-corrected chi connectivity index (χ4v) is 5.30. The van der Waals surface area contributed by atoms with Crippen LogP contribution in [-0.2, 0) is 16.0 Å². The summed E-state index contributed by atoms with van der Waals surface area (Å²) in [5, 5.41) is 8.40. The Morgan fingerprint density at radius 1 is 0.976 bits per heavy atom. The van der Waals surface area contributed by atoms with Crippen molar-refractivity contribution >= 4 is 57.5 Å². The summed E-state index contributed by atoms with van der Waals surface area (Å²) in [5.74, 6) is -0.0977. The lowest BCUT2D eigenvalue weighted by Crippen LogP contribution is -2.55. The maximum absolute atomic E-state index is 13.8. The van der Waals surface area contributed by atoms with E-state index in [1.807, 2.05) is 30.3 Å². The van der Waals surface area contributed by atoms with Gasteiger partial charge in [-0.15, -0.1) is 5.10 Å². The highest BCUT2D eigenvalue weighted by Crippen LogP contribution is 2.33. The normalized spacial score (nSPS) is 14.6. The highest BCUT2D eigenvalue weighted by Gasteiger charge is 2.38. The Morgan fingerprint density at radius 3 is 2.51 bits per heavy atom. The number of aromatic nitrogens is 5. The zero-order valence-electron chi connectivity index (χ0n) is 21.8. The lowest BCUT2D eigenvalue weighted by Gasteiger charge is -2.38. The second-order valence-corrected chi connectivity index (χ2v) is 10.6. The van der Waals surface area contributed by atoms with E-state index in [2.05, 4.69) is 15.3 Å². The lowest BCUT2D eigenvalue weighted by atomic mass is 10.0. The molecule has 6 rings (SSSR count). The Morgan fingerprint density at radius 2 is 1.78 bits per heavy atom. The van der Waals surface area contributed by atoms with Crippen LogP contribution >= 0.6 is 23.2 Å². The molecule has 1 atom stereocenters. The summed E-state index contributed by atoms with van der Waals surface area (Å²) < 4.78 is 1.43. The number of aromatic amines is 1. The van der Waals surface area contributed by atoms with Crippen LogP contribution in [0, 0.1) is 0 Å². The monoisotopic (exact) mass is 587 g/mol. The molecule has 5 aromatic rings. The number of imidazole rings is 1. The first kappa shape index (κ1) is 26.7. The predicted octanol–water partition coefficient (Wildman–Crippen LogP) is 4.81. The van der Waals surface area contributed by atoms with Gasteiger partial charge < -0.3 is 9.88 Å². The zero-order chi connectivity index (χ0) is 28.7. The number of ketones is 1. The molecular weight excluding hydrogens is 565 g/mol. The van der Waals surface area contributed by atoms with Gasteiger partial charge in [-0.25, -0.2) is 9.67 Å². The summed E-state index contributed by atoms with van der Waals surface area (Å²) in [4.78, 5) is 50.4. The van der Waals surface area contributed by atoms with Crippen LogP contribution in [0.3, 0.4) is 0 Å². The third-order valence-electron chi connectivity index (χ3n) is 7.03. The number of Topliss-reactive ketones (excluding diaryl/α,β-unsaturated/α-hetero) is 1. The van der Waals surface area contributed by atoms with E-state index in [-0.39, 0.29) is 35.8 Å². The summed E-state index contributed by atoms with van der Waals surface area (Å²) >= 11 is 12.3. The molecule has 1 aliphatic rings. The number of amides is 2. The second-order valence-electron chi connectivity index (χ2n) is 9.74. The zero-order valence-corrected chi connectivity index (χ0v) is 23.3. The average molecular weight is 588 g/mol. The average Bonchev–Trinajstić information content (AvgIpc) is 3.59. The van der Waals surface area contributed by atoms with Crippen molar-refractivity contribution in [2.24, 2.45) is 0 Å². The van der Waals surface area contributed by atoms with E-state index in [1.165, 1.54) is 22.7 Å². The van der Waals surface area contributed by atoms with Crippen molar-refractivity contribution < 1.29 is 14.4 Å². The first-order chi connectivity index (χ1) is 19.8. The second kappa shape index (κ2) is 10.8. The summed E-state index contributed by atoms with van der Waals surface area (Å²) in [7, 11) is 0. The highest BCUT2D eigenvalue weighted by atomic mass is 35.5. The summed E-state index contributed by atoms with van der Waals surface area (Å²) in [6.45, 7) is 1.11. The van der Waals surface area contributed by atoms with E-state index in [0.29, 0.717) is 45.2 Å². The van der Waals surface area contributed by atoms with Gasteiger partial charge in [0.2, 0.25) is 11.8 Å². The highest BCUT2D eigenvalue weighted by molar-refractivity contribution is 6.31. The van der Waals surface area contributed by atoms with Crippen molar-refractivity contribution in [1.82, 2.24) is 29.9 Å². The van der Waals surface area contributed by atoms with E-state index in [4.69, 9.17) is 28.2 Å². The van der Waals surface area contributed by atoms with E-state index >= 15 is 0 Å². The van der Waals surface area contributed by atoms with Crippen LogP contribution in [0.25, 0.3) is 16.7 Å². The predicted molar refractivity (Wildman–Crippen MR) is 154 cm³/mol. The number of hydrogen-bond donors (Lipinski definition) is 1. The molecule has 206 valence electrons. The van der Waals surface area contributed by atoms with E-state index in [0.717, 1.165) is 5.56 Å². The molecule has 3 heterocycles. The molecule has 0 saturated carbocycles.